The normalized spacial score (nSPS) is 13.5. The summed E-state index contributed by atoms with van der Waals surface area (Å²) in [5.74, 6) is -0.130. The summed E-state index contributed by atoms with van der Waals surface area (Å²) < 4.78 is 0.437. The number of allylic oxidation sites excluding steroid dienone is 1. The second-order valence-corrected chi connectivity index (χ2v) is 4.94. The summed E-state index contributed by atoms with van der Waals surface area (Å²) in [7, 11) is 0. The molecule has 15 heavy (non-hydrogen) atoms. The quantitative estimate of drug-likeness (QED) is 0.759. The lowest BCUT2D eigenvalue weighted by Gasteiger charge is -2.08. The van der Waals surface area contributed by atoms with Crippen molar-refractivity contribution in [3.63, 3.8) is 0 Å². The summed E-state index contributed by atoms with van der Waals surface area (Å²) in [5, 5.41) is 11.6. The van der Waals surface area contributed by atoms with Crippen molar-refractivity contribution in [3.05, 3.63) is 21.9 Å². The number of hydrogen-bond acceptors (Lipinski definition) is 3. The molecule has 0 saturated carbocycles. The van der Waals surface area contributed by atoms with Crippen LogP contribution in [0.5, 0.6) is 0 Å². The summed E-state index contributed by atoms with van der Waals surface area (Å²) in [5.41, 5.74) is 0. The third kappa shape index (κ3) is 8.54. The lowest BCUT2D eigenvalue weighted by molar-refractivity contribution is -0.120. The van der Waals surface area contributed by atoms with E-state index in [1.165, 1.54) is 11.8 Å². The molecule has 0 rings (SSSR count). The Morgan fingerprint density at radius 3 is 2.73 bits per heavy atom. The Kier molecular flexibility index (Phi) is 7.56. The molecule has 0 heterocycles. The molecule has 0 spiro atoms. The number of amides is 1. The van der Waals surface area contributed by atoms with Crippen molar-refractivity contribution >= 4 is 29.3 Å². The van der Waals surface area contributed by atoms with E-state index in [4.69, 9.17) is 16.7 Å². The molecule has 5 heteroatoms. The van der Waals surface area contributed by atoms with Gasteiger partial charge in [0.2, 0.25) is 5.91 Å². The van der Waals surface area contributed by atoms with Crippen LogP contribution in [-0.4, -0.2) is 23.7 Å². The molecule has 0 saturated heterocycles. The molecule has 1 atom stereocenters. The molecule has 1 amide bonds. The molecule has 0 aromatic rings. The van der Waals surface area contributed by atoms with Crippen LogP contribution in [-0.2, 0) is 4.79 Å². The van der Waals surface area contributed by atoms with Gasteiger partial charge >= 0.3 is 0 Å². The maximum Gasteiger partial charge on any atom is 0.225 e. The minimum Gasteiger partial charge on any atom is -0.392 e. The Bertz CT molecular complexity index is 264. The molecule has 3 nitrogen and oxygen atoms in total. The zero-order valence-electron chi connectivity index (χ0n) is 8.92. The van der Waals surface area contributed by atoms with E-state index in [0.29, 0.717) is 4.36 Å². The van der Waals surface area contributed by atoms with Gasteiger partial charge in [-0.15, -0.1) is 0 Å². The van der Waals surface area contributed by atoms with Gasteiger partial charge < -0.3 is 10.4 Å². The highest BCUT2D eigenvalue weighted by Gasteiger charge is 2.07. The highest BCUT2D eigenvalue weighted by molar-refractivity contribution is 8.08. The zero-order valence-corrected chi connectivity index (χ0v) is 10.5. The number of thioether (sulfide) groups is 1. The van der Waals surface area contributed by atoms with E-state index >= 15 is 0 Å². The summed E-state index contributed by atoms with van der Waals surface area (Å²) in [6, 6.07) is 0. The molecule has 0 aromatic heterocycles. The molecule has 1 unspecified atom stereocenters. The van der Waals surface area contributed by atoms with Gasteiger partial charge in [0.15, 0.2) is 0 Å². The number of aliphatic hydroxyl groups is 1. The van der Waals surface area contributed by atoms with Gasteiger partial charge in [-0.05, 0) is 18.8 Å². The fraction of sp³-hybridized carbons (Fsp3) is 0.500. The Balaban J connectivity index is 3.98. The first-order valence-electron chi connectivity index (χ1n) is 4.58. The predicted octanol–water partition coefficient (Wildman–Crippen LogP) is 2.22. The van der Waals surface area contributed by atoms with Crippen LogP contribution in [0.3, 0.4) is 0 Å². The largest absolute Gasteiger partial charge is 0.392 e. The third-order valence-electron chi connectivity index (χ3n) is 1.49. The van der Waals surface area contributed by atoms with Crippen molar-refractivity contribution in [1.82, 2.24) is 5.32 Å². The molecule has 0 aliphatic heterocycles. The van der Waals surface area contributed by atoms with E-state index in [-0.39, 0.29) is 18.9 Å². The monoisotopic (exact) mass is 249 g/mol. The molecule has 0 radical (unpaired) electrons. The first-order valence-corrected chi connectivity index (χ1v) is 5.77. The Morgan fingerprint density at radius 2 is 2.33 bits per heavy atom. The van der Waals surface area contributed by atoms with Crippen LogP contribution >= 0.6 is 23.4 Å². The van der Waals surface area contributed by atoms with Gasteiger partial charge in [-0.25, -0.2) is 0 Å². The highest BCUT2D eigenvalue weighted by Crippen LogP contribution is 2.28. The van der Waals surface area contributed by atoms with Gasteiger partial charge in [0.1, 0.15) is 0 Å². The summed E-state index contributed by atoms with van der Waals surface area (Å²) in [6.45, 7) is 7.26. The molecule has 0 aliphatic rings. The second kappa shape index (κ2) is 7.79. The van der Waals surface area contributed by atoms with Gasteiger partial charge in [-0.2, -0.15) is 0 Å². The van der Waals surface area contributed by atoms with E-state index in [0.717, 1.165) is 4.91 Å². The maximum atomic E-state index is 11.3. The van der Waals surface area contributed by atoms with Crippen LogP contribution in [0.1, 0.15) is 20.3 Å². The van der Waals surface area contributed by atoms with E-state index < -0.39 is 6.10 Å². The van der Waals surface area contributed by atoms with Crippen LogP contribution in [0.4, 0.5) is 0 Å². The lowest BCUT2D eigenvalue weighted by Crippen LogP contribution is -2.30. The Labute approximate surface area is 99.6 Å². The Hall–Kier alpha value is -0.450. The number of hydrogen-bond donors (Lipinski definition) is 2. The van der Waals surface area contributed by atoms with Crippen molar-refractivity contribution in [1.29, 1.82) is 0 Å². The molecular formula is C10H16ClNO2S. The van der Waals surface area contributed by atoms with Gasteiger partial charge in [-0.1, -0.05) is 36.0 Å². The first-order chi connectivity index (χ1) is 6.95. The number of carbonyl (C=O) groups excluding carboxylic acids is 1. The maximum absolute atomic E-state index is 11.3. The van der Waals surface area contributed by atoms with E-state index in [2.05, 4.69) is 11.9 Å². The molecule has 86 valence electrons. The van der Waals surface area contributed by atoms with Crippen molar-refractivity contribution < 1.29 is 9.90 Å². The molecule has 0 bridgehead atoms. The standard InChI is InChI=1S/C10H16ClNO2S/c1-4-9(15-8(3)11)5-10(14)12-6-7(2)13/h4,7,13H,3,5-6H2,1-2H3,(H,12,14)/b9-4-. The minimum absolute atomic E-state index is 0.130. The highest BCUT2D eigenvalue weighted by atomic mass is 35.5. The first kappa shape index (κ1) is 14.6. The fourth-order valence-corrected chi connectivity index (χ4v) is 1.72. The van der Waals surface area contributed by atoms with E-state index in [1.807, 2.05) is 13.0 Å². The fourth-order valence-electron chi connectivity index (χ4n) is 0.822. The van der Waals surface area contributed by atoms with Crippen LogP contribution in [0.15, 0.2) is 21.9 Å². The zero-order chi connectivity index (χ0) is 11.8. The summed E-state index contributed by atoms with van der Waals surface area (Å²) >= 11 is 6.89. The molecule has 0 aliphatic carbocycles. The van der Waals surface area contributed by atoms with Gasteiger partial charge in [0.05, 0.1) is 16.9 Å². The van der Waals surface area contributed by atoms with E-state index in [9.17, 15) is 4.79 Å². The summed E-state index contributed by atoms with van der Waals surface area (Å²) in [6.07, 6.45) is 1.55. The number of aliphatic hydroxyl groups excluding tert-OH is 1. The van der Waals surface area contributed by atoms with Crippen LogP contribution < -0.4 is 5.32 Å². The topological polar surface area (TPSA) is 49.3 Å². The number of nitrogens with one attached hydrogen (secondary N) is 1. The van der Waals surface area contributed by atoms with Crippen LogP contribution in [0.25, 0.3) is 0 Å². The number of carbonyl (C=O) groups is 1. The number of rotatable bonds is 6. The molecular weight excluding hydrogens is 234 g/mol. The van der Waals surface area contributed by atoms with Crippen LogP contribution in [0.2, 0.25) is 0 Å². The average Bonchev–Trinajstić information content (AvgIpc) is 2.13. The smallest absolute Gasteiger partial charge is 0.225 e. The molecule has 2 N–H and O–H groups in total. The summed E-state index contributed by atoms with van der Waals surface area (Å²) in [4.78, 5) is 12.2. The van der Waals surface area contributed by atoms with Crippen molar-refractivity contribution in [2.45, 2.75) is 26.4 Å². The Morgan fingerprint density at radius 1 is 1.73 bits per heavy atom. The molecule has 0 aromatic carbocycles. The third-order valence-corrected chi connectivity index (χ3v) is 2.59. The van der Waals surface area contributed by atoms with Crippen LogP contribution in [0, 0.1) is 0 Å². The van der Waals surface area contributed by atoms with Crippen molar-refractivity contribution in [2.24, 2.45) is 0 Å². The minimum atomic E-state index is -0.529. The lowest BCUT2D eigenvalue weighted by atomic mass is 10.3. The van der Waals surface area contributed by atoms with Gasteiger partial charge in [0.25, 0.3) is 0 Å². The SMILES string of the molecule is C=C(Cl)S/C(=C\C)CC(=O)NCC(C)O. The second-order valence-electron chi connectivity index (χ2n) is 3.04. The average molecular weight is 250 g/mol. The number of halogens is 1. The van der Waals surface area contributed by atoms with E-state index in [1.54, 1.807) is 6.92 Å². The van der Waals surface area contributed by atoms with Gasteiger partial charge in [0, 0.05) is 6.54 Å². The van der Waals surface area contributed by atoms with Crippen molar-refractivity contribution in [2.75, 3.05) is 6.54 Å². The van der Waals surface area contributed by atoms with Gasteiger partial charge in [-0.3, -0.25) is 4.79 Å². The van der Waals surface area contributed by atoms with Crippen molar-refractivity contribution in [3.8, 4) is 0 Å². The molecule has 0 fully saturated rings. The predicted molar refractivity (Wildman–Crippen MR) is 65.6 cm³/mol.